The van der Waals surface area contributed by atoms with E-state index in [2.05, 4.69) is 19.1 Å². The molecule has 20 heavy (non-hydrogen) atoms. The normalized spacial score (nSPS) is 34.1. The van der Waals surface area contributed by atoms with Gasteiger partial charge in [0.15, 0.2) is 0 Å². The van der Waals surface area contributed by atoms with E-state index in [9.17, 15) is 9.59 Å². The molecule has 3 nitrogen and oxygen atoms in total. The molecule has 2 bridgehead atoms. The van der Waals surface area contributed by atoms with E-state index < -0.39 is 0 Å². The molecule has 1 saturated heterocycles. The van der Waals surface area contributed by atoms with Gasteiger partial charge < -0.3 is 0 Å². The number of allylic oxidation sites excluding steroid dienone is 2. The summed E-state index contributed by atoms with van der Waals surface area (Å²) in [6.07, 6.45) is 6.07. The zero-order valence-corrected chi connectivity index (χ0v) is 11.5. The van der Waals surface area contributed by atoms with Gasteiger partial charge in [0.25, 0.3) is 0 Å². The van der Waals surface area contributed by atoms with Crippen molar-refractivity contribution in [2.45, 2.75) is 19.8 Å². The topological polar surface area (TPSA) is 37.4 Å². The van der Waals surface area contributed by atoms with Gasteiger partial charge in [-0.25, -0.2) is 4.90 Å². The molecular weight excluding hydrogens is 250 g/mol. The molecule has 0 N–H and O–H groups in total. The number of hydrogen-bond acceptors (Lipinski definition) is 2. The van der Waals surface area contributed by atoms with Crippen LogP contribution in [-0.4, -0.2) is 11.8 Å². The Hall–Kier alpha value is -1.90. The van der Waals surface area contributed by atoms with Crippen LogP contribution in [0.1, 0.15) is 18.9 Å². The number of imide groups is 1. The number of amides is 2. The van der Waals surface area contributed by atoms with Crippen molar-refractivity contribution in [2.24, 2.45) is 23.7 Å². The molecule has 1 saturated carbocycles. The van der Waals surface area contributed by atoms with E-state index in [1.807, 2.05) is 24.3 Å². The number of hydrogen-bond donors (Lipinski definition) is 0. The lowest BCUT2D eigenvalue weighted by Gasteiger charge is -2.20. The highest BCUT2D eigenvalue weighted by Gasteiger charge is 2.59. The summed E-state index contributed by atoms with van der Waals surface area (Å²) in [4.78, 5) is 26.9. The summed E-state index contributed by atoms with van der Waals surface area (Å²) in [6, 6.07) is 7.75. The van der Waals surface area contributed by atoms with Gasteiger partial charge in [-0.2, -0.15) is 0 Å². The van der Waals surface area contributed by atoms with Crippen LogP contribution in [0, 0.1) is 23.7 Å². The molecule has 0 unspecified atom stereocenters. The molecule has 1 aliphatic heterocycles. The zero-order chi connectivity index (χ0) is 13.9. The van der Waals surface area contributed by atoms with E-state index in [4.69, 9.17) is 0 Å². The summed E-state index contributed by atoms with van der Waals surface area (Å²) in [6.45, 7) is 2.05. The molecule has 0 spiro atoms. The fourth-order valence-electron chi connectivity index (χ4n) is 4.17. The quantitative estimate of drug-likeness (QED) is 0.610. The molecule has 1 heterocycles. The SMILES string of the molecule is CCc1ccccc1N1C(=O)[C@@H]2[C@H](C1=O)[C@@H]1C=C[C@H]2C1. The van der Waals surface area contributed by atoms with Gasteiger partial charge >= 0.3 is 0 Å². The summed E-state index contributed by atoms with van der Waals surface area (Å²) in [7, 11) is 0. The molecule has 4 rings (SSSR count). The lowest BCUT2D eigenvalue weighted by Crippen LogP contribution is -2.33. The maximum Gasteiger partial charge on any atom is 0.238 e. The molecule has 1 aromatic carbocycles. The van der Waals surface area contributed by atoms with Gasteiger partial charge in [0.05, 0.1) is 17.5 Å². The number of carbonyl (C=O) groups is 2. The van der Waals surface area contributed by atoms with E-state index >= 15 is 0 Å². The van der Waals surface area contributed by atoms with Crippen LogP contribution in [0.25, 0.3) is 0 Å². The Morgan fingerprint density at radius 1 is 1.05 bits per heavy atom. The van der Waals surface area contributed by atoms with Crippen LogP contribution >= 0.6 is 0 Å². The highest BCUT2D eigenvalue weighted by Crippen LogP contribution is 2.53. The number of para-hydroxylation sites is 1. The number of aryl methyl sites for hydroxylation is 1. The Labute approximate surface area is 118 Å². The van der Waals surface area contributed by atoms with Gasteiger partial charge in [0.2, 0.25) is 11.8 Å². The number of rotatable bonds is 2. The van der Waals surface area contributed by atoms with Gasteiger partial charge in [0.1, 0.15) is 0 Å². The van der Waals surface area contributed by atoms with Gasteiger partial charge in [-0.05, 0) is 36.3 Å². The Morgan fingerprint density at radius 2 is 1.65 bits per heavy atom. The van der Waals surface area contributed by atoms with Crippen molar-refractivity contribution in [3.63, 3.8) is 0 Å². The monoisotopic (exact) mass is 267 g/mol. The number of nitrogens with zero attached hydrogens (tertiary/aromatic N) is 1. The molecule has 102 valence electrons. The number of benzene rings is 1. The molecule has 1 aromatic rings. The van der Waals surface area contributed by atoms with E-state index in [0.29, 0.717) is 0 Å². The molecule has 0 aromatic heterocycles. The highest BCUT2D eigenvalue weighted by molar-refractivity contribution is 6.23. The lowest BCUT2D eigenvalue weighted by molar-refractivity contribution is -0.123. The highest BCUT2D eigenvalue weighted by atomic mass is 16.2. The van der Waals surface area contributed by atoms with Crippen LogP contribution in [-0.2, 0) is 16.0 Å². The summed E-state index contributed by atoms with van der Waals surface area (Å²) < 4.78 is 0. The fraction of sp³-hybridized carbons (Fsp3) is 0.412. The van der Waals surface area contributed by atoms with E-state index in [1.165, 1.54) is 4.90 Å². The largest absolute Gasteiger partial charge is 0.274 e. The van der Waals surface area contributed by atoms with Crippen molar-refractivity contribution in [1.29, 1.82) is 0 Å². The second-order valence-corrected chi connectivity index (χ2v) is 5.99. The third-order valence-electron chi connectivity index (χ3n) is 5.08. The van der Waals surface area contributed by atoms with Gasteiger partial charge in [-0.1, -0.05) is 37.3 Å². The second kappa shape index (κ2) is 4.05. The first kappa shape index (κ1) is 11.9. The van der Waals surface area contributed by atoms with Crippen molar-refractivity contribution >= 4 is 17.5 Å². The van der Waals surface area contributed by atoms with E-state index in [-0.39, 0.29) is 35.5 Å². The minimum Gasteiger partial charge on any atom is -0.274 e. The molecule has 2 fully saturated rings. The molecule has 2 aliphatic carbocycles. The van der Waals surface area contributed by atoms with Crippen molar-refractivity contribution in [1.82, 2.24) is 0 Å². The zero-order valence-electron chi connectivity index (χ0n) is 11.5. The van der Waals surface area contributed by atoms with Gasteiger partial charge in [-0.3, -0.25) is 9.59 Å². The average molecular weight is 267 g/mol. The number of carbonyl (C=O) groups excluding carboxylic acids is 2. The smallest absolute Gasteiger partial charge is 0.238 e. The van der Waals surface area contributed by atoms with Gasteiger partial charge in [0, 0.05) is 0 Å². The van der Waals surface area contributed by atoms with Crippen molar-refractivity contribution in [3.05, 3.63) is 42.0 Å². The minimum absolute atomic E-state index is 0.0118. The van der Waals surface area contributed by atoms with Crippen LogP contribution in [0.15, 0.2) is 36.4 Å². The summed E-state index contributed by atoms with van der Waals surface area (Å²) in [5.74, 6) is 0.362. The first-order chi connectivity index (χ1) is 9.72. The van der Waals surface area contributed by atoms with Crippen LogP contribution in [0.4, 0.5) is 5.69 Å². The summed E-state index contributed by atoms with van der Waals surface area (Å²) in [5, 5.41) is 0. The number of fused-ring (bicyclic) bond motifs is 5. The van der Waals surface area contributed by atoms with Gasteiger partial charge in [-0.15, -0.1) is 0 Å². The Bertz CT molecular complexity index is 604. The molecule has 4 atom stereocenters. The predicted octanol–water partition coefficient (Wildman–Crippen LogP) is 2.56. The maximum atomic E-state index is 12.7. The molecule has 3 aliphatic rings. The molecule has 3 heteroatoms. The summed E-state index contributed by atoms with van der Waals surface area (Å²) >= 11 is 0. The summed E-state index contributed by atoms with van der Waals surface area (Å²) in [5.41, 5.74) is 1.85. The fourth-order valence-corrected chi connectivity index (χ4v) is 4.17. The molecular formula is C17H17NO2. The Kier molecular flexibility index (Phi) is 2.40. The van der Waals surface area contributed by atoms with Crippen LogP contribution in [0.3, 0.4) is 0 Å². The minimum atomic E-state index is -0.109. The number of anilines is 1. The first-order valence-electron chi connectivity index (χ1n) is 7.36. The van der Waals surface area contributed by atoms with Crippen LogP contribution in [0.2, 0.25) is 0 Å². The lowest BCUT2D eigenvalue weighted by atomic mass is 9.85. The predicted molar refractivity (Wildman–Crippen MR) is 76.0 cm³/mol. The van der Waals surface area contributed by atoms with Crippen LogP contribution in [0.5, 0.6) is 0 Å². The van der Waals surface area contributed by atoms with E-state index in [1.54, 1.807) is 0 Å². The Balaban J connectivity index is 1.78. The third-order valence-corrected chi connectivity index (χ3v) is 5.08. The second-order valence-electron chi connectivity index (χ2n) is 5.99. The van der Waals surface area contributed by atoms with Crippen molar-refractivity contribution < 1.29 is 9.59 Å². The average Bonchev–Trinajstić information content (AvgIpc) is 3.13. The third kappa shape index (κ3) is 1.35. The van der Waals surface area contributed by atoms with Crippen molar-refractivity contribution in [2.75, 3.05) is 4.90 Å². The van der Waals surface area contributed by atoms with Crippen molar-refractivity contribution in [3.8, 4) is 0 Å². The Morgan fingerprint density at radius 3 is 2.25 bits per heavy atom. The van der Waals surface area contributed by atoms with E-state index in [0.717, 1.165) is 24.1 Å². The van der Waals surface area contributed by atoms with Crippen LogP contribution < -0.4 is 4.90 Å². The standard InChI is InChI=1S/C17H17NO2/c1-2-10-5-3-4-6-13(10)18-16(19)14-11-7-8-12(9-11)15(14)17(18)20/h3-8,11-12,14-15H,2,9H2,1H3/t11-,12+,14-,15+. The maximum absolute atomic E-state index is 12.7. The molecule has 0 radical (unpaired) electrons. The first-order valence-corrected chi connectivity index (χ1v) is 7.36. The molecule has 2 amide bonds.